The Labute approximate surface area is 133 Å². The fraction of sp³-hybridized carbons (Fsp3) is 0.278. The zero-order valence-corrected chi connectivity index (χ0v) is 12.6. The maximum Gasteiger partial charge on any atom is 0.254 e. The summed E-state index contributed by atoms with van der Waals surface area (Å²) in [7, 11) is 0. The summed E-state index contributed by atoms with van der Waals surface area (Å²) in [5, 5.41) is 6.10. The number of hydrogen-bond donors (Lipinski definition) is 2. The molecule has 120 valence electrons. The summed E-state index contributed by atoms with van der Waals surface area (Å²) in [5.41, 5.74) is 0.876. The summed E-state index contributed by atoms with van der Waals surface area (Å²) in [4.78, 5) is 12.3. The molecule has 2 aromatic rings. The minimum Gasteiger partial charge on any atom is -0.347 e. The third kappa shape index (κ3) is 3.56. The van der Waals surface area contributed by atoms with Crippen LogP contribution in [-0.2, 0) is 0 Å². The zero-order chi connectivity index (χ0) is 16.2. The van der Waals surface area contributed by atoms with E-state index in [2.05, 4.69) is 10.6 Å². The predicted molar refractivity (Wildman–Crippen MR) is 84.3 cm³/mol. The molecule has 0 aromatic heterocycles. The lowest BCUT2D eigenvalue weighted by molar-refractivity contribution is 0.0920. The molecular weight excluding hydrogens is 298 g/mol. The molecule has 2 atom stereocenters. The van der Waals surface area contributed by atoms with E-state index in [4.69, 9.17) is 0 Å². The average Bonchev–Trinajstić information content (AvgIpc) is 2.55. The number of carbonyl (C=O) groups is 1. The highest BCUT2D eigenvalue weighted by Gasteiger charge is 2.28. The first-order valence-electron chi connectivity index (χ1n) is 7.67. The summed E-state index contributed by atoms with van der Waals surface area (Å²) in [5.74, 6) is -1.28. The van der Waals surface area contributed by atoms with Crippen LogP contribution in [0.5, 0.6) is 0 Å². The topological polar surface area (TPSA) is 41.1 Å². The molecule has 1 amide bonds. The summed E-state index contributed by atoms with van der Waals surface area (Å²) >= 11 is 0. The lowest BCUT2D eigenvalue weighted by Crippen LogP contribution is -2.50. The molecule has 2 N–H and O–H groups in total. The first-order valence-corrected chi connectivity index (χ1v) is 7.67. The van der Waals surface area contributed by atoms with Crippen LogP contribution in [0.1, 0.15) is 28.3 Å². The molecule has 5 heteroatoms. The Balaban J connectivity index is 1.79. The van der Waals surface area contributed by atoms with Crippen LogP contribution in [0.25, 0.3) is 0 Å². The highest BCUT2D eigenvalue weighted by molar-refractivity contribution is 5.94. The monoisotopic (exact) mass is 316 g/mol. The van der Waals surface area contributed by atoms with E-state index in [1.54, 1.807) is 18.2 Å². The number of amides is 1. The maximum atomic E-state index is 13.7. The minimum atomic E-state index is -0.545. The number of piperidine rings is 1. The van der Waals surface area contributed by atoms with Crippen molar-refractivity contribution in [1.82, 2.24) is 10.6 Å². The second kappa shape index (κ2) is 6.87. The Hall–Kier alpha value is -2.27. The smallest absolute Gasteiger partial charge is 0.254 e. The normalized spacial score (nSPS) is 21.0. The van der Waals surface area contributed by atoms with Crippen molar-refractivity contribution in [1.29, 1.82) is 0 Å². The Morgan fingerprint density at radius 2 is 1.96 bits per heavy atom. The van der Waals surface area contributed by atoms with Crippen molar-refractivity contribution >= 4 is 5.91 Å². The number of carbonyl (C=O) groups excluding carboxylic acids is 1. The van der Waals surface area contributed by atoms with Crippen molar-refractivity contribution in [3.05, 3.63) is 71.3 Å². The Kier molecular flexibility index (Phi) is 4.67. The maximum absolute atomic E-state index is 13.7. The average molecular weight is 316 g/mol. The van der Waals surface area contributed by atoms with E-state index in [1.807, 2.05) is 6.07 Å². The molecule has 1 aliphatic rings. The van der Waals surface area contributed by atoms with Crippen molar-refractivity contribution in [2.75, 3.05) is 13.1 Å². The van der Waals surface area contributed by atoms with Crippen LogP contribution in [0.3, 0.4) is 0 Å². The van der Waals surface area contributed by atoms with Crippen molar-refractivity contribution in [2.24, 2.45) is 0 Å². The number of halogens is 2. The van der Waals surface area contributed by atoms with E-state index in [9.17, 15) is 13.6 Å². The van der Waals surface area contributed by atoms with Crippen LogP contribution < -0.4 is 10.6 Å². The lowest BCUT2D eigenvalue weighted by atomic mass is 9.86. The second-order valence-corrected chi connectivity index (χ2v) is 5.71. The molecule has 0 unspecified atom stereocenters. The number of rotatable bonds is 3. The van der Waals surface area contributed by atoms with Crippen LogP contribution in [0.2, 0.25) is 0 Å². The van der Waals surface area contributed by atoms with Gasteiger partial charge in [-0.05, 0) is 42.8 Å². The second-order valence-electron chi connectivity index (χ2n) is 5.71. The van der Waals surface area contributed by atoms with Gasteiger partial charge in [0.25, 0.3) is 5.91 Å². The highest BCUT2D eigenvalue weighted by Crippen LogP contribution is 2.26. The van der Waals surface area contributed by atoms with E-state index in [-0.39, 0.29) is 23.3 Å². The molecule has 1 heterocycles. The number of hydrogen-bond acceptors (Lipinski definition) is 2. The molecule has 1 aliphatic heterocycles. The van der Waals surface area contributed by atoms with Crippen LogP contribution >= 0.6 is 0 Å². The third-order valence-electron chi connectivity index (χ3n) is 4.19. The van der Waals surface area contributed by atoms with E-state index in [0.717, 1.165) is 18.5 Å². The Morgan fingerprint density at radius 3 is 2.74 bits per heavy atom. The first-order chi connectivity index (χ1) is 11.1. The first kappa shape index (κ1) is 15.6. The molecule has 0 bridgehead atoms. The summed E-state index contributed by atoms with van der Waals surface area (Å²) in [6.45, 7) is 1.37. The summed E-state index contributed by atoms with van der Waals surface area (Å²) in [6.07, 6.45) is 0.783. The highest BCUT2D eigenvalue weighted by atomic mass is 19.1. The van der Waals surface area contributed by atoms with Gasteiger partial charge in [0.2, 0.25) is 0 Å². The molecule has 1 fully saturated rings. The van der Waals surface area contributed by atoms with E-state index in [1.165, 1.54) is 24.3 Å². The van der Waals surface area contributed by atoms with Gasteiger partial charge >= 0.3 is 0 Å². The van der Waals surface area contributed by atoms with Gasteiger partial charge in [0, 0.05) is 18.5 Å². The molecule has 0 spiro atoms. The van der Waals surface area contributed by atoms with Crippen LogP contribution in [-0.4, -0.2) is 25.0 Å². The van der Waals surface area contributed by atoms with Gasteiger partial charge in [-0.25, -0.2) is 8.78 Å². The molecule has 0 saturated carbocycles. The third-order valence-corrected chi connectivity index (χ3v) is 4.19. The van der Waals surface area contributed by atoms with Gasteiger partial charge in [-0.2, -0.15) is 0 Å². The standard InChI is InChI=1S/C18H18F2N2O/c19-13-5-3-4-12(10-13)14-8-9-21-11-17(14)22-18(23)15-6-1-2-7-16(15)20/h1-7,10,14,17,21H,8-9,11H2,(H,22,23)/t14-,17+/m0/s1. The van der Waals surface area contributed by atoms with E-state index < -0.39 is 11.7 Å². The minimum absolute atomic E-state index is 0.00248. The van der Waals surface area contributed by atoms with Gasteiger partial charge in [0.15, 0.2) is 0 Å². The van der Waals surface area contributed by atoms with Gasteiger partial charge in [-0.1, -0.05) is 24.3 Å². The lowest BCUT2D eigenvalue weighted by Gasteiger charge is -2.33. The number of benzene rings is 2. The molecule has 0 radical (unpaired) electrons. The number of nitrogens with one attached hydrogen (secondary N) is 2. The molecule has 3 nitrogen and oxygen atoms in total. The molecule has 23 heavy (non-hydrogen) atoms. The quantitative estimate of drug-likeness (QED) is 0.914. The SMILES string of the molecule is O=C(N[C@@H]1CNCC[C@H]1c1cccc(F)c1)c1ccccc1F. The Bertz CT molecular complexity index is 705. The largest absolute Gasteiger partial charge is 0.347 e. The van der Waals surface area contributed by atoms with Crippen LogP contribution in [0.4, 0.5) is 8.78 Å². The summed E-state index contributed by atoms with van der Waals surface area (Å²) in [6, 6.07) is 12.1. The summed E-state index contributed by atoms with van der Waals surface area (Å²) < 4.78 is 27.2. The van der Waals surface area contributed by atoms with E-state index >= 15 is 0 Å². The van der Waals surface area contributed by atoms with Crippen molar-refractivity contribution < 1.29 is 13.6 Å². The van der Waals surface area contributed by atoms with Crippen molar-refractivity contribution in [3.8, 4) is 0 Å². The fourth-order valence-corrected chi connectivity index (χ4v) is 3.04. The Morgan fingerprint density at radius 1 is 1.13 bits per heavy atom. The van der Waals surface area contributed by atoms with Crippen molar-refractivity contribution in [3.63, 3.8) is 0 Å². The molecule has 1 saturated heterocycles. The molecule has 0 aliphatic carbocycles. The van der Waals surface area contributed by atoms with Gasteiger partial charge in [-0.3, -0.25) is 4.79 Å². The van der Waals surface area contributed by atoms with Crippen LogP contribution in [0, 0.1) is 11.6 Å². The fourth-order valence-electron chi connectivity index (χ4n) is 3.04. The van der Waals surface area contributed by atoms with E-state index in [0.29, 0.717) is 6.54 Å². The van der Waals surface area contributed by atoms with Gasteiger partial charge in [0.1, 0.15) is 11.6 Å². The van der Waals surface area contributed by atoms with Gasteiger partial charge in [-0.15, -0.1) is 0 Å². The van der Waals surface area contributed by atoms with Gasteiger partial charge in [0.05, 0.1) is 5.56 Å². The van der Waals surface area contributed by atoms with Gasteiger partial charge < -0.3 is 10.6 Å². The molecular formula is C18H18F2N2O. The predicted octanol–water partition coefficient (Wildman–Crippen LogP) is 2.84. The van der Waals surface area contributed by atoms with Crippen molar-refractivity contribution in [2.45, 2.75) is 18.4 Å². The molecule has 3 rings (SSSR count). The molecule has 2 aromatic carbocycles. The zero-order valence-electron chi connectivity index (χ0n) is 12.6. The van der Waals surface area contributed by atoms with Crippen LogP contribution in [0.15, 0.2) is 48.5 Å².